The Morgan fingerprint density at radius 1 is 1.25 bits per heavy atom. The average molecular weight is 323 g/mol. The summed E-state index contributed by atoms with van der Waals surface area (Å²) in [7, 11) is 0. The van der Waals surface area contributed by atoms with Crippen LogP contribution in [0.25, 0.3) is 22.2 Å². The van der Waals surface area contributed by atoms with E-state index in [1.807, 2.05) is 37.3 Å². The Bertz CT molecular complexity index is 932. The molecule has 4 rings (SSSR count). The summed E-state index contributed by atoms with van der Waals surface area (Å²) in [4.78, 5) is 20.3. The molecule has 0 bridgehead atoms. The van der Waals surface area contributed by atoms with E-state index >= 15 is 0 Å². The Kier molecular flexibility index (Phi) is 3.37. The fourth-order valence-corrected chi connectivity index (χ4v) is 3.05. The van der Waals surface area contributed by atoms with Gasteiger partial charge in [-0.05, 0) is 42.3 Å². The van der Waals surface area contributed by atoms with E-state index in [1.165, 1.54) is 4.90 Å². The molecule has 0 atom stereocenters. The minimum Gasteiger partial charge on any atom is -0.491 e. The first-order valence-corrected chi connectivity index (χ1v) is 7.80. The Hall–Kier alpha value is -3.02. The fraction of sp³-hybridized carbons (Fsp3) is 0.222. The SMILES string of the molecule is Cc1nc2ccc(-c3ccc4c(c3)CN(C(=O)O)CCO4)cc2[nH]1. The topological polar surface area (TPSA) is 78.5 Å². The van der Waals surface area contributed by atoms with Crippen LogP contribution >= 0.6 is 0 Å². The number of H-pyrrole nitrogens is 1. The molecule has 2 heterocycles. The van der Waals surface area contributed by atoms with Gasteiger partial charge < -0.3 is 19.7 Å². The van der Waals surface area contributed by atoms with Gasteiger partial charge in [-0.2, -0.15) is 0 Å². The molecule has 1 amide bonds. The van der Waals surface area contributed by atoms with E-state index in [2.05, 4.69) is 16.0 Å². The summed E-state index contributed by atoms with van der Waals surface area (Å²) in [6.07, 6.45) is -0.925. The van der Waals surface area contributed by atoms with Crippen LogP contribution in [0.4, 0.5) is 4.79 Å². The highest BCUT2D eigenvalue weighted by Crippen LogP contribution is 2.30. The van der Waals surface area contributed by atoms with Gasteiger partial charge in [0.2, 0.25) is 0 Å². The third-order valence-electron chi connectivity index (χ3n) is 4.24. The normalized spacial score (nSPS) is 14.1. The van der Waals surface area contributed by atoms with E-state index in [0.717, 1.165) is 39.3 Å². The highest BCUT2D eigenvalue weighted by molar-refractivity contribution is 5.82. The third kappa shape index (κ3) is 2.56. The molecule has 3 aromatic rings. The number of benzene rings is 2. The van der Waals surface area contributed by atoms with Crippen molar-refractivity contribution in [2.24, 2.45) is 0 Å². The molecule has 0 spiro atoms. The minimum atomic E-state index is -0.925. The number of fused-ring (bicyclic) bond motifs is 2. The maximum atomic E-state index is 11.3. The van der Waals surface area contributed by atoms with Gasteiger partial charge in [0.1, 0.15) is 18.2 Å². The van der Waals surface area contributed by atoms with Crippen LogP contribution in [-0.4, -0.2) is 39.2 Å². The van der Waals surface area contributed by atoms with Crippen molar-refractivity contribution in [1.82, 2.24) is 14.9 Å². The molecule has 0 saturated heterocycles. The van der Waals surface area contributed by atoms with Crippen molar-refractivity contribution in [3.8, 4) is 16.9 Å². The van der Waals surface area contributed by atoms with E-state index in [4.69, 9.17) is 4.74 Å². The molecule has 6 nitrogen and oxygen atoms in total. The second-order valence-corrected chi connectivity index (χ2v) is 5.93. The standard InChI is InChI=1S/C18H17N3O3/c1-11-19-15-4-2-13(9-16(15)20-11)12-3-5-17-14(8-12)10-21(18(22)23)6-7-24-17/h2-5,8-9H,6-7,10H2,1H3,(H,19,20)(H,22,23). The minimum absolute atomic E-state index is 0.337. The van der Waals surface area contributed by atoms with Gasteiger partial charge >= 0.3 is 6.09 Å². The van der Waals surface area contributed by atoms with Crippen LogP contribution in [0.5, 0.6) is 5.75 Å². The summed E-state index contributed by atoms with van der Waals surface area (Å²) in [6, 6.07) is 12.0. The number of ether oxygens (including phenoxy) is 1. The quantitative estimate of drug-likeness (QED) is 0.719. The summed E-state index contributed by atoms with van der Waals surface area (Å²) in [6.45, 7) is 3.01. The molecular formula is C18H17N3O3. The molecule has 0 unspecified atom stereocenters. The molecule has 122 valence electrons. The zero-order valence-electron chi connectivity index (χ0n) is 13.2. The van der Waals surface area contributed by atoms with Gasteiger partial charge in [0.25, 0.3) is 0 Å². The van der Waals surface area contributed by atoms with Crippen molar-refractivity contribution < 1.29 is 14.6 Å². The number of nitrogens with zero attached hydrogens (tertiary/aromatic N) is 2. The predicted octanol–water partition coefficient (Wildman–Crippen LogP) is 3.41. The van der Waals surface area contributed by atoms with Crippen LogP contribution in [0.1, 0.15) is 11.4 Å². The maximum Gasteiger partial charge on any atom is 0.407 e. The van der Waals surface area contributed by atoms with Crippen molar-refractivity contribution in [2.75, 3.05) is 13.2 Å². The lowest BCUT2D eigenvalue weighted by Crippen LogP contribution is -2.30. The van der Waals surface area contributed by atoms with E-state index in [0.29, 0.717) is 19.7 Å². The van der Waals surface area contributed by atoms with Crippen molar-refractivity contribution in [2.45, 2.75) is 13.5 Å². The molecule has 2 N–H and O–H groups in total. The summed E-state index contributed by atoms with van der Waals surface area (Å²) in [5.41, 5.74) is 4.89. The van der Waals surface area contributed by atoms with E-state index in [1.54, 1.807) is 0 Å². The predicted molar refractivity (Wildman–Crippen MR) is 90.2 cm³/mol. The second-order valence-electron chi connectivity index (χ2n) is 5.93. The van der Waals surface area contributed by atoms with Crippen molar-refractivity contribution in [1.29, 1.82) is 0 Å². The lowest BCUT2D eigenvalue weighted by atomic mass is 10.0. The molecule has 24 heavy (non-hydrogen) atoms. The van der Waals surface area contributed by atoms with Gasteiger partial charge in [-0.15, -0.1) is 0 Å². The Morgan fingerprint density at radius 3 is 2.88 bits per heavy atom. The maximum absolute atomic E-state index is 11.3. The van der Waals surface area contributed by atoms with E-state index < -0.39 is 6.09 Å². The number of carbonyl (C=O) groups is 1. The second kappa shape index (κ2) is 5.56. The first-order valence-electron chi connectivity index (χ1n) is 7.80. The van der Waals surface area contributed by atoms with Gasteiger partial charge in [-0.3, -0.25) is 0 Å². The molecule has 1 aromatic heterocycles. The average Bonchev–Trinajstić information content (AvgIpc) is 2.80. The molecule has 6 heteroatoms. The van der Waals surface area contributed by atoms with Crippen LogP contribution in [0, 0.1) is 6.92 Å². The van der Waals surface area contributed by atoms with Crippen LogP contribution < -0.4 is 4.74 Å². The van der Waals surface area contributed by atoms with E-state index in [9.17, 15) is 9.90 Å². The molecule has 1 aliphatic rings. The summed E-state index contributed by atoms with van der Waals surface area (Å²) in [5, 5.41) is 9.26. The van der Waals surface area contributed by atoms with Crippen LogP contribution in [0.2, 0.25) is 0 Å². The summed E-state index contributed by atoms with van der Waals surface area (Å²) < 4.78 is 5.67. The van der Waals surface area contributed by atoms with Crippen molar-refractivity contribution in [3.63, 3.8) is 0 Å². The summed E-state index contributed by atoms with van der Waals surface area (Å²) in [5.74, 6) is 1.63. The number of rotatable bonds is 1. The molecule has 1 aliphatic heterocycles. The monoisotopic (exact) mass is 323 g/mol. The van der Waals surface area contributed by atoms with Gasteiger partial charge in [0.05, 0.1) is 24.1 Å². The largest absolute Gasteiger partial charge is 0.491 e. The molecule has 0 aliphatic carbocycles. The molecular weight excluding hydrogens is 306 g/mol. The number of aromatic amines is 1. The van der Waals surface area contributed by atoms with Crippen molar-refractivity contribution >= 4 is 17.1 Å². The zero-order chi connectivity index (χ0) is 16.7. The Morgan fingerprint density at radius 2 is 2.04 bits per heavy atom. The van der Waals surface area contributed by atoms with Gasteiger partial charge in [0, 0.05) is 5.56 Å². The highest BCUT2D eigenvalue weighted by Gasteiger charge is 2.19. The van der Waals surface area contributed by atoms with Gasteiger partial charge in [0.15, 0.2) is 0 Å². The molecule has 0 saturated carbocycles. The zero-order valence-corrected chi connectivity index (χ0v) is 13.2. The lowest BCUT2D eigenvalue weighted by Gasteiger charge is -2.15. The number of aryl methyl sites for hydroxylation is 1. The highest BCUT2D eigenvalue weighted by atomic mass is 16.5. The number of hydrogen-bond acceptors (Lipinski definition) is 3. The van der Waals surface area contributed by atoms with Crippen molar-refractivity contribution in [3.05, 3.63) is 47.8 Å². The number of aromatic nitrogens is 2. The summed E-state index contributed by atoms with van der Waals surface area (Å²) >= 11 is 0. The number of carboxylic acid groups (broad SMARTS) is 1. The first kappa shape index (κ1) is 14.6. The number of hydrogen-bond donors (Lipinski definition) is 2. The van der Waals surface area contributed by atoms with Crippen LogP contribution in [0.3, 0.4) is 0 Å². The third-order valence-corrected chi connectivity index (χ3v) is 4.24. The Labute approximate surface area is 138 Å². The lowest BCUT2D eigenvalue weighted by molar-refractivity contribution is 0.138. The number of amides is 1. The molecule has 0 radical (unpaired) electrons. The number of nitrogens with one attached hydrogen (secondary N) is 1. The van der Waals surface area contributed by atoms with Crippen LogP contribution in [-0.2, 0) is 6.54 Å². The molecule has 0 fully saturated rings. The smallest absolute Gasteiger partial charge is 0.407 e. The van der Waals surface area contributed by atoms with E-state index in [-0.39, 0.29) is 0 Å². The fourth-order valence-electron chi connectivity index (χ4n) is 3.05. The first-order chi connectivity index (χ1) is 11.6. The Balaban J connectivity index is 1.74. The number of imidazole rings is 1. The molecule has 2 aromatic carbocycles. The van der Waals surface area contributed by atoms with Crippen LogP contribution in [0.15, 0.2) is 36.4 Å². The van der Waals surface area contributed by atoms with Gasteiger partial charge in [-0.25, -0.2) is 9.78 Å². The van der Waals surface area contributed by atoms with Gasteiger partial charge in [-0.1, -0.05) is 12.1 Å².